The van der Waals surface area contributed by atoms with E-state index >= 15 is 0 Å². The maximum atomic E-state index is 12.4. The number of nitrogens with one attached hydrogen (secondary N) is 1. The first kappa shape index (κ1) is 15.3. The molecule has 1 aliphatic carbocycles. The molecule has 22 heavy (non-hydrogen) atoms. The minimum Gasteiger partial charge on any atom is -0.323 e. The second kappa shape index (κ2) is 5.57. The van der Waals surface area contributed by atoms with Crippen molar-refractivity contribution in [3.8, 4) is 0 Å². The van der Waals surface area contributed by atoms with E-state index in [4.69, 9.17) is 0 Å². The van der Waals surface area contributed by atoms with Crippen LogP contribution in [-0.2, 0) is 10.0 Å². The van der Waals surface area contributed by atoms with Crippen molar-refractivity contribution in [3.05, 3.63) is 12.3 Å². The van der Waals surface area contributed by atoms with Crippen LogP contribution in [0, 0.1) is 5.41 Å². The van der Waals surface area contributed by atoms with Crippen LogP contribution in [0.2, 0.25) is 0 Å². The number of aromatic nitrogens is 2. The molecule has 1 spiro atoms. The van der Waals surface area contributed by atoms with E-state index in [1.54, 1.807) is 4.90 Å². The monoisotopic (exact) mass is 326 g/mol. The molecule has 2 fully saturated rings. The maximum absolute atomic E-state index is 12.4. The Hall–Kier alpha value is -1.57. The molecule has 0 aromatic carbocycles. The van der Waals surface area contributed by atoms with Crippen molar-refractivity contribution in [2.45, 2.75) is 38.5 Å². The first-order valence-corrected chi connectivity index (χ1v) is 9.59. The molecule has 3 rings (SSSR count). The third kappa shape index (κ3) is 3.26. The summed E-state index contributed by atoms with van der Waals surface area (Å²) in [7, 11) is -3.38. The van der Waals surface area contributed by atoms with Crippen LogP contribution in [0.4, 0.5) is 10.6 Å². The van der Waals surface area contributed by atoms with Crippen molar-refractivity contribution in [2.24, 2.45) is 5.41 Å². The van der Waals surface area contributed by atoms with Crippen LogP contribution in [-0.4, -0.2) is 48.5 Å². The summed E-state index contributed by atoms with van der Waals surface area (Å²) in [4.78, 5) is 14.2. The van der Waals surface area contributed by atoms with Crippen LogP contribution in [0.25, 0.3) is 0 Å². The lowest BCUT2D eigenvalue weighted by Gasteiger charge is -2.39. The molecule has 7 nitrogen and oxygen atoms in total. The molecule has 0 radical (unpaired) electrons. The van der Waals surface area contributed by atoms with Crippen LogP contribution in [0.1, 0.15) is 38.5 Å². The number of hydrogen-bond acceptors (Lipinski definition) is 4. The Morgan fingerprint density at radius 1 is 1.23 bits per heavy atom. The third-order valence-corrected chi connectivity index (χ3v) is 5.41. The van der Waals surface area contributed by atoms with Gasteiger partial charge in [-0.2, -0.15) is 4.68 Å². The molecule has 1 N–H and O–H groups in total. The summed E-state index contributed by atoms with van der Waals surface area (Å²) in [5.74, 6) is 0.167. The molecular formula is C14H22N4O3S. The summed E-state index contributed by atoms with van der Waals surface area (Å²) in [6, 6.07) is 1.30. The number of carbonyl (C=O) groups excluding carboxylic acids is 1. The van der Waals surface area contributed by atoms with E-state index < -0.39 is 10.0 Å². The smallest absolute Gasteiger partial charge is 0.323 e. The zero-order valence-corrected chi connectivity index (χ0v) is 13.6. The van der Waals surface area contributed by atoms with Crippen LogP contribution in [0.15, 0.2) is 12.3 Å². The van der Waals surface area contributed by atoms with Crippen molar-refractivity contribution >= 4 is 21.9 Å². The van der Waals surface area contributed by atoms with Crippen molar-refractivity contribution in [2.75, 3.05) is 24.1 Å². The Balaban J connectivity index is 1.62. The van der Waals surface area contributed by atoms with Crippen LogP contribution in [0.3, 0.4) is 0 Å². The lowest BCUT2D eigenvalue weighted by atomic mass is 9.77. The van der Waals surface area contributed by atoms with Gasteiger partial charge in [0.1, 0.15) is 0 Å². The molecule has 1 saturated heterocycles. The molecule has 1 saturated carbocycles. The first-order chi connectivity index (χ1) is 10.4. The van der Waals surface area contributed by atoms with Gasteiger partial charge in [0.15, 0.2) is 5.82 Å². The minimum atomic E-state index is -3.38. The number of amides is 1. The Bertz CT molecular complexity index is 651. The van der Waals surface area contributed by atoms with Gasteiger partial charge in [0.2, 0.25) is 10.0 Å². The van der Waals surface area contributed by atoms with Gasteiger partial charge in [-0.3, -0.25) is 4.72 Å². The standard InChI is InChI=1S/C14H22N4O3S/c1-22(20,21)16-12-4-9-18(15-12)13(19)17-10-7-14(8-11-17)5-2-3-6-14/h4,9H,2-3,5-8,10-11H2,1H3,(H,15,16). The number of piperidine rings is 1. The Labute approximate surface area is 130 Å². The number of likely N-dealkylation sites (tertiary alicyclic amines) is 1. The van der Waals surface area contributed by atoms with Crippen molar-refractivity contribution in [3.63, 3.8) is 0 Å². The largest absolute Gasteiger partial charge is 0.344 e. The van der Waals surface area contributed by atoms with Gasteiger partial charge in [0, 0.05) is 25.4 Å². The average molecular weight is 326 g/mol. The topological polar surface area (TPSA) is 84.3 Å². The normalized spacial score (nSPS) is 21.2. The van der Waals surface area contributed by atoms with Gasteiger partial charge in [-0.15, -0.1) is 5.10 Å². The quantitative estimate of drug-likeness (QED) is 0.899. The molecule has 1 amide bonds. The number of carbonyl (C=O) groups is 1. The van der Waals surface area contributed by atoms with Gasteiger partial charge in [-0.25, -0.2) is 13.2 Å². The molecular weight excluding hydrogens is 304 g/mol. The summed E-state index contributed by atoms with van der Waals surface area (Å²) in [6.07, 6.45) is 9.89. The Morgan fingerprint density at radius 2 is 1.86 bits per heavy atom. The third-order valence-electron chi connectivity index (χ3n) is 4.83. The lowest BCUT2D eigenvalue weighted by molar-refractivity contribution is 0.120. The molecule has 1 aromatic rings. The number of hydrogen-bond donors (Lipinski definition) is 1. The SMILES string of the molecule is CS(=O)(=O)Nc1ccn(C(=O)N2CCC3(CCCC3)CC2)n1. The Kier molecular flexibility index (Phi) is 3.88. The van der Waals surface area contributed by atoms with E-state index in [9.17, 15) is 13.2 Å². The lowest BCUT2D eigenvalue weighted by Crippen LogP contribution is -2.44. The van der Waals surface area contributed by atoms with Gasteiger partial charge >= 0.3 is 6.03 Å². The zero-order chi connectivity index (χ0) is 15.8. The highest BCUT2D eigenvalue weighted by Gasteiger charge is 2.38. The fourth-order valence-corrected chi connectivity index (χ4v) is 4.11. The highest BCUT2D eigenvalue weighted by molar-refractivity contribution is 7.92. The van der Waals surface area contributed by atoms with E-state index in [-0.39, 0.29) is 11.8 Å². The highest BCUT2D eigenvalue weighted by Crippen LogP contribution is 2.46. The van der Waals surface area contributed by atoms with Crippen LogP contribution < -0.4 is 4.72 Å². The van der Waals surface area contributed by atoms with Crippen LogP contribution >= 0.6 is 0 Å². The van der Waals surface area contributed by atoms with Crippen molar-refractivity contribution in [1.29, 1.82) is 0 Å². The predicted molar refractivity (Wildman–Crippen MR) is 83.2 cm³/mol. The molecule has 122 valence electrons. The fraction of sp³-hybridized carbons (Fsp3) is 0.714. The van der Waals surface area contributed by atoms with Gasteiger partial charge in [0.25, 0.3) is 0 Å². The van der Waals surface area contributed by atoms with Gasteiger partial charge < -0.3 is 4.90 Å². The predicted octanol–water partition coefficient (Wildman–Crippen LogP) is 1.88. The summed E-state index contributed by atoms with van der Waals surface area (Å²) in [6.45, 7) is 1.51. The first-order valence-electron chi connectivity index (χ1n) is 7.70. The minimum absolute atomic E-state index is 0.167. The van der Waals surface area contributed by atoms with Crippen molar-refractivity contribution in [1.82, 2.24) is 14.7 Å². The van der Waals surface area contributed by atoms with Crippen molar-refractivity contribution < 1.29 is 13.2 Å². The second-order valence-corrected chi connectivity index (χ2v) is 8.24. The molecule has 2 aliphatic rings. The number of rotatable bonds is 2. The van der Waals surface area contributed by atoms with E-state index in [0.717, 1.165) is 32.2 Å². The number of nitrogens with zero attached hydrogens (tertiary/aromatic N) is 3. The maximum Gasteiger partial charge on any atom is 0.344 e. The van der Waals surface area contributed by atoms with E-state index in [0.29, 0.717) is 5.41 Å². The molecule has 8 heteroatoms. The molecule has 2 heterocycles. The molecule has 0 unspecified atom stereocenters. The van der Waals surface area contributed by atoms with E-state index in [1.165, 1.54) is 42.6 Å². The highest BCUT2D eigenvalue weighted by atomic mass is 32.2. The molecule has 1 aromatic heterocycles. The summed E-state index contributed by atoms with van der Waals surface area (Å²) in [5, 5.41) is 3.99. The fourth-order valence-electron chi connectivity index (χ4n) is 3.62. The van der Waals surface area contributed by atoms with E-state index in [1.807, 2.05) is 0 Å². The summed E-state index contributed by atoms with van der Waals surface area (Å²) < 4.78 is 25.8. The summed E-state index contributed by atoms with van der Waals surface area (Å²) in [5.41, 5.74) is 0.462. The second-order valence-electron chi connectivity index (χ2n) is 6.50. The van der Waals surface area contributed by atoms with E-state index in [2.05, 4.69) is 9.82 Å². The summed E-state index contributed by atoms with van der Waals surface area (Å²) >= 11 is 0. The Morgan fingerprint density at radius 3 is 2.45 bits per heavy atom. The van der Waals surface area contributed by atoms with Crippen LogP contribution in [0.5, 0.6) is 0 Å². The zero-order valence-electron chi connectivity index (χ0n) is 12.8. The van der Waals surface area contributed by atoms with Gasteiger partial charge in [-0.1, -0.05) is 12.8 Å². The molecule has 0 atom stereocenters. The average Bonchev–Trinajstić information content (AvgIpc) is 3.07. The number of anilines is 1. The number of sulfonamides is 1. The van der Waals surface area contributed by atoms with Gasteiger partial charge in [0.05, 0.1) is 6.26 Å². The molecule has 0 bridgehead atoms. The molecule has 1 aliphatic heterocycles. The van der Waals surface area contributed by atoms with Gasteiger partial charge in [-0.05, 0) is 31.1 Å².